The molecule has 1 amide bonds. The third kappa shape index (κ3) is 3.00. The highest BCUT2D eigenvalue weighted by atomic mass is 35.5. The van der Waals surface area contributed by atoms with Crippen LogP contribution in [0, 0.1) is 11.3 Å². The first-order valence-corrected chi connectivity index (χ1v) is 5.68. The Kier molecular flexibility index (Phi) is 3.64. The van der Waals surface area contributed by atoms with E-state index < -0.39 is 5.91 Å². The fourth-order valence-corrected chi connectivity index (χ4v) is 1.69. The average Bonchev–Trinajstić information content (AvgIpc) is 2.39. The van der Waals surface area contributed by atoms with Gasteiger partial charge in [-0.3, -0.25) is 9.59 Å². The minimum absolute atomic E-state index is 0.146. The zero-order valence-corrected chi connectivity index (χ0v) is 10.4. The van der Waals surface area contributed by atoms with Crippen molar-refractivity contribution in [3.63, 3.8) is 0 Å². The molecule has 0 aliphatic heterocycles. The molecule has 6 heteroatoms. The number of rotatable bonds is 2. The summed E-state index contributed by atoms with van der Waals surface area (Å²) < 4.78 is 0. The van der Waals surface area contributed by atoms with Crippen LogP contribution in [0.2, 0.25) is 5.02 Å². The number of hydrogen-bond acceptors (Lipinski definition) is 3. The standard InChI is InChI=1S/C13H8ClN3O2/c14-10-6-9(5-4-8(10)7-15)16-13(19)11-2-1-3-12(18)17-11/h1-6H,(H,16,19)(H,17,18). The van der Waals surface area contributed by atoms with Crippen LogP contribution in [0.15, 0.2) is 41.2 Å². The van der Waals surface area contributed by atoms with Crippen molar-refractivity contribution in [1.29, 1.82) is 5.26 Å². The van der Waals surface area contributed by atoms with Gasteiger partial charge in [-0.1, -0.05) is 17.7 Å². The molecule has 0 aliphatic carbocycles. The highest BCUT2D eigenvalue weighted by Gasteiger charge is 2.08. The predicted octanol–water partition coefficient (Wildman–Crippen LogP) is 2.15. The summed E-state index contributed by atoms with van der Waals surface area (Å²) in [6, 6.07) is 10.7. The molecule has 0 fully saturated rings. The number of amides is 1. The number of anilines is 1. The molecule has 1 heterocycles. The fourth-order valence-electron chi connectivity index (χ4n) is 1.46. The molecule has 0 aliphatic rings. The van der Waals surface area contributed by atoms with E-state index in [0.717, 1.165) is 0 Å². The summed E-state index contributed by atoms with van der Waals surface area (Å²) in [4.78, 5) is 25.3. The summed E-state index contributed by atoms with van der Waals surface area (Å²) in [5.74, 6) is -0.460. The number of aromatic amines is 1. The second kappa shape index (κ2) is 5.38. The number of nitrogens with zero attached hydrogens (tertiary/aromatic N) is 1. The smallest absolute Gasteiger partial charge is 0.272 e. The summed E-state index contributed by atoms with van der Waals surface area (Å²) in [6.45, 7) is 0. The number of halogens is 1. The summed E-state index contributed by atoms with van der Waals surface area (Å²) in [6.07, 6.45) is 0. The van der Waals surface area contributed by atoms with Gasteiger partial charge in [0.2, 0.25) is 5.56 Å². The molecule has 0 atom stereocenters. The van der Waals surface area contributed by atoms with Crippen LogP contribution in [-0.2, 0) is 0 Å². The van der Waals surface area contributed by atoms with Crippen molar-refractivity contribution in [2.24, 2.45) is 0 Å². The van der Waals surface area contributed by atoms with E-state index in [-0.39, 0.29) is 16.3 Å². The maximum absolute atomic E-state index is 11.8. The molecule has 1 aromatic heterocycles. The van der Waals surface area contributed by atoms with Gasteiger partial charge in [-0.15, -0.1) is 0 Å². The number of carbonyl (C=O) groups is 1. The van der Waals surface area contributed by atoms with Gasteiger partial charge >= 0.3 is 0 Å². The minimum Gasteiger partial charge on any atom is -0.321 e. The number of H-pyrrole nitrogens is 1. The summed E-state index contributed by atoms with van der Waals surface area (Å²) >= 11 is 5.85. The molecule has 0 saturated heterocycles. The molecule has 5 nitrogen and oxygen atoms in total. The number of carbonyl (C=O) groups excluding carboxylic acids is 1. The molecule has 1 aromatic carbocycles. The molecular formula is C13H8ClN3O2. The van der Waals surface area contributed by atoms with Crippen molar-refractivity contribution in [1.82, 2.24) is 4.98 Å². The van der Waals surface area contributed by atoms with E-state index in [4.69, 9.17) is 16.9 Å². The lowest BCUT2D eigenvalue weighted by atomic mass is 10.2. The van der Waals surface area contributed by atoms with Gasteiger partial charge in [0.05, 0.1) is 10.6 Å². The van der Waals surface area contributed by atoms with Crippen LogP contribution in [0.3, 0.4) is 0 Å². The number of aromatic nitrogens is 1. The topological polar surface area (TPSA) is 85.8 Å². The molecule has 2 aromatic rings. The summed E-state index contributed by atoms with van der Waals surface area (Å²) in [7, 11) is 0. The van der Waals surface area contributed by atoms with Crippen molar-refractivity contribution in [2.45, 2.75) is 0 Å². The van der Waals surface area contributed by atoms with Gasteiger partial charge in [-0.25, -0.2) is 0 Å². The van der Waals surface area contributed by atoms with E-state index in [0.29, 0.717) is 11.3 Å². The molecular weight excluding hydrogens is 266 g/mol. The molecule has 94 valence electrons. The zero-order chi connectivity index (χ0) is 13.8. The van der Waals surface area contributed by atoms with Crippen LogP contribution < -0.4 is 10.9 Å². The van der Waals surface area contributed by atoms with Crippen LogP contribution in [0.4, 0.5) is 5.69 Å². The van der Waals surface area contributed by atoms with Crippen LogP contribution in [0.5, 0.6) is 0 Å². The first-order valence-electron chi connectivity index (χ1n) is 5.30. The van der Waals surface area contributed by atoms with Gasteiger partial charge in [0.1, 0.15) is 11.8 Å². The van der Waals surface area contributed by atoms with Crippen LogP contribution in [0.25, 0.3) is 0 Å². The Morgan fingerprint density at radius 3 is 2.74 bits per heavy atom. The third-order valence-corrected chi connectivity index (χ3v) is 2.67. The molecule has 0 bridgehead atoms. The first kappa shape index (κ1) is 12.9. The molecule has 0 unspecified atom stereocenters. The van der Waals surface area contributed by atoms with Crippen LogP contribution >= 0.6 is 11.6 Å². The maximum atomic E-state index is 11.8. The molecule has 19 heavy (non-hydrogen) atoms. The molecule has 0 radical (unpaired) electrons. The number of nitriles is 1. The largest absolute Gasteiger partial charge is 0.321 e. The van der Waals surface area contributed by atoms with E-state index in [1.54, 1.807) is 6.07 Å². The highest BCUT2D eigenvalue weighted by molar-refractivity contribution is 6.32. The first-order chi connectivity index (χ1) is 9.10. The zero-order valence-electron chi connectivity index (χ0n) is 9.61. The lowest BCUT2D eigenvalue weighted by Gasteiger charge is -2.05. The lowest BCUT2D eigenvalue weighted by Crippen LogP contribution is -2.17. The van der Waals surface area contributed by atoms with Crippen molar-refractivity contribution in [3.8, 4) is 6.07 Å². The third-order valence-electron chi connectivity index (χ3n) is 2.36. The lowest BCUT2D eigenvalue weighted by molar-refractivity contribution is 0.102. The van der Waals surface area contributed by atoms with E-state index in [1.807, 2.05) is 6.07 Å². The number of hydrogen-bond donors (Lipinski definition) is 2. The van der Waals surface area contributed by atoms with Crippen molar-refractivity contribution in [2.75, 3.05) is 5.32 Å². The molecule has 2 rings (SSSR count). The molecule has 0 saturated carbocycles. The second-order valence-electron chi connectivity index (χ2n) is 3.69. The van der Waals surface area contributed by atoms with Gasteiger partial charge in [-0.2, -0.15) is 5.26 Å². The van der Waals surface area contributed by atoms with E-state index >= 15 is 0 Å². The Morgan fingerprint density at radius 1 is 1.32 bits per heavy atom. The van der Waals surface area contributed by atoms with E-state index in [1.165, 1.54) is 30.3 Å². The molecule has 2 N–H and O–H groups in total. The van der Waals surface area contributed by atoms with E-state index in [9.17, 15) is 9.59 Å². The second-order valence-corrected chi connectivity index (χ2v) is 4.10. The SMILES string of the molecule is N#Cc1ccc(NC(=O)c2cccc(=O)[nH]2)cc1Cl. The Hall–Kier alpha value is -2.58. The number of benzene rings is 1. The monoisotopic (exact) mass is 273 g/mol. The average molecular weight is 274 g/mol. The Balaban J connectivity index is 2.22. The quantitative estimate of drug-likeness (QED) is 0.879. The van der Waals surface area contributed by atoms with Gasteiger partial charge in [-0.05, 0) is 24.3 Å². The Labute approximate surface area is 113 Å². The van der Waals surface area contributed by atoms with Gasteiger partial charge in [0, 0.05) is 11.8 Å². The summed E-state index contributed by atoms with van der Waals surface area (Å²) in [5, 5.41) is 11.6. The van der Waals surface area contributed by atoms with Crippen molar-refractivity contribution >= 4 is 23.2 Å². The van der Waals surface area contributed by atoms with Crippen molar-refractivity contribution in [3.05, 3.63) is 63.0 Å². The number of nitrogens with one attached hydrogen (secondary N) is 2. The van der Waals surface area contributed by atoms with Gasteiger partial charge in [0.25, 0.3) is 5.91 Å². The van der Waals surface area contributed by atoms with Crippen molar-refractivity contribution < 1.29 is 4.79 Å². The van der Waals surface area contributed by atoms with Gasteiger partial charge in [0.15, 0.2) is 0 Å². The Morgan fingerprint density at radius 2 is 2.11 bits per heavy atom. The fraction of sp³-hybridized carbons (Fsp3) is 0. The molecule has 0 spiro atoms. The van der Waals surface area contributed by atoms with Crippen LogP contribution in [0.1, 0.15) is 16.1 Å². The highest BCUT2D eigenvalue weighted by Crippen LogP contribution is 2.20. The maximum Gasteiger partial charge on any atom is 0.272 e. The minimum atomic E-state index is -0.460. The van der Waals surface area contributed by atoms with Crippen LogP contribution in [-0.4, -0.2) is 10.9 Å². The number of pyridine rings is 1. The predicted molar refractivity (Wildman–Crippen MR) is 71.2 cm³/mol. The van der Waals surface area contributed by atoms with Gasteiger partial charge < -0.3 is 10.3 Å². The normalized spacial score (nSPS) is 9.68. The summed E-state index contributed by atoms with van der Waals surface area (Å²) in [5.41, 5.74) is 0.560. The Bertz CT molecular complexity index is 731. The van der Waals surface area contributed by atoms with E-state index in [2.05, 4.69) is 10.3 Å².